The molecule has 0 aliphatic rings. The van der Waals surface area contributed by atoms with Crippen LogP contribution < -0.4 is 11.1 Å². The van der Waals surface area contributed by atoms with E-state index in [2.05, 4.69) is 31.3 Å². The number of carboxylic acids is 1. The number of rotatable bonds is 38. The maximum Gasteiger partial charge on any atom is 0.326 e. The first-order chi connectivity index (χ1) is 23.9. The molecule has 1 amide bonds. The highest BCUT2D eigenvalue weighted by molar-refractivity contribution is 5.83. The van der Waals surface area contributed by atoms with Gasteiger partial charge in [-0.25, -0.2) is 4.79 Å². The second-order valence-corrected chi connectivity index (χ2v) is 14.4. The van der Waals surface area contributed by atoms with Crippen molar-refractivity contribution >= 4 is 17.8 Å². The van der Waals surface area contributed by atoms with Gasteiger partial charge in [0.1, 0.15) is 12.1 Å². The molecule has 49 heavy (non-hydrogen) atoms. The number of carboxylic acid groups (broad SMARTS) is 1. The summed E-state index contributed by atoms with van der Waals surface area (Å²) in [5, 5.41) is 11.9. The Morgan fingerprint density at radius 2 is 1.04 bits per heavy atom. The number of amides is 1. The van der Waals surface area contributed by atoms with Crippen LogP contribution in [0.15, 0.2) is 12.2 Å². The molecule has 0 heterocycles. The Labute approximate surface area is 302 Å². The molecule has 0 radical (unpaired) electrons. The minimum atomic E-state index is -1.01. The molecule has 288 valence electrons. The zero-order valence-electron chi connectivity index (χ0n) is 32.3. The summed E-state index contributed by atoms with van der Waals surface area (Å²) in [7, 11) is 0. The normalized spacial score (nSPS) is 12.7. The number of nitrogens with one attached hydrogen (secondary N) is 1. The maximum atomic E-state index is 12.7. The average molecular weight is 693 g/mol. The van der Waals surface area contributed by atoms with Crippen LogP contribution in [0, 0.1) is 0 Å². The smallest absolute Gasteiger partial charge is 0.326 e. The summed E-state index contributed by atoms with van der Waals surface area (Å²) in [6.45, 7) is 4.92. The van der Waals surface area contributed by atoms with Crippen LogP contribution in [0.5, 0.6) is 0 Å². The third-order valence-electron chi connectivity index (χ3n) is 9.57. The number of carbonyl (C=O) groups is 3. The molecule has 7 heteroatoms. The fourth-order valence-corrected chi connectivity index (χ4v) is 6.36. The van der Waals surface area contributed by atoms with Gasteiger partial charge in [0.05, 0.1) is 0 Å². The van der Waals surface area contributed by atoms with E-state index in [1.807, 2.05) is 0 Å². The van der Waals surface area contributed by atoms with Gasteiger partial charge in [0.15, 0.2) is 0 Å². The summed E-state index contributed by atoms with van der Waals surface area (Å²) in [6.07, 6.45) is 39.9. The predicted molar refractivity (Wildman–Crippen MR) is 207 cm³/mol. The summed E-state index contributed by atoms with van der Waals surface area (Å²) < 4.78 is 5.91. The van der Waals surface area contributed by atoms with Gasteiger partial charge in [0, 0.05) is 12.8 Å². The van der Waals surface area contributed by atoms with Crippen LogP contribution in [0.1, 0.15) is 219 Å². The number of hydrogen-bond donors (Lipinski definition) is 3. The fraction of sp³-hybridized carbons (Fsp3) is 0.881. The molecule has 4 N–H and O–H groups in total. The third-order valence-corrected chi connectivity index (χ3v) is 9.57. The van der Waals surface area contributed by atoms with Crippen molar-refractivity contribution in [3.8, 4) is 0 Å². The first-order valence-electron chi connectivity index (χ1n) is 21.0. The van der Waals surface area contributed by atoms with Crippen LogP contribution in [0.2, 0.25) is 0 Å². The molecule has 0 saturated carbocycles. The number of allylic oxidation sites excluding steroid dienone is 1. The Bertz CT molecular complexity index is 787. The molecule has 0 aliphatic heterocycles. The van der Waals surface area contributed by atoms with Crippen molar-refractivity contribution in [1.29, 1.82) is 0 Å². The monoisotopic (exact) mass is 693 g/mol. The molecule has 0 saturated heterocycles. The van der Waals surface area contributed by atoms with Crippen LogP contribution in [0.25, 0.3) is 0 Å². The van der Waals surface area contributed by atoms with Gasteiger partial charge in [-0.2, -0.15) is 0 Å². The molecule has 0 aromatic carbocycles. The highest BCUT2D eigenvalue weighted by Crippen LogP contribution is 2.16. The van der Waals surface area contributed by atoms with Crippen LogP contribution in [0.4, 0.5) is 0 Å². The number of ether oxygens (including phenoxy) is 1. The molecule has 0 aliphatic carbocycles. The number of aliphatic carboxylic acids is 1. The molecule has 0 rings (SSSR count). The second-order valence-electron chi connectivity index (χ2n) is 14.4. The van der Waals surface area contributed by atoms with E-state index in [1.165, 1.54) is 128 Å². The van der Waals surface area contributed by atoms with Gasteiger partial charge < -0.3 is 20.9 Å². The SMILES string of the molecule is CCCCCCC/C=C\C(CCCCCCC(=O)NC(CCCN)C(=O)O)OC(=O)CCCCCCCCCCCCCCCCCCC. The van der Waals surface area contributed by atoms with E-state index in [4.69, 9.17) is 10.5 Å². The van der Waals surface area contributed by atoms with Crippen molar-refractivity contribution in [2.24, 2.45) is 5.73 Å². The lowest BCUT2D eigenvalue weighted by Gasteiger charge is -2.15. The lowest BCUT2D eigenvalue weighted by molar-refractivity contribution is -0.147. The molecule has 2 atom stereocenters. The van der Waals surface area contributed by atoms with Gasteiger partial charge in [-0.3, -0.25) is 9.59 Å². The topological polar surface area (TPSA) is 119 Å². The zero-order chi connectivity index (χ0) is 36.0. The van der Waals surface area contributed by atoms with Gasteiger partial charge in [-0.1, -0.05) is 161 Å². The first-order valence-corrected chi connectivity index (χ1v) is 21.0. The minimum absolute atomic E-state index is 0.0853. The maximum absolute atomic E-state index is 12.7. The quantitative estimate of drug-likeness (QED) is 0.0337. The Morgan fingerprint density at radius 3 is 1.53 bits per heavy atom. The standard InChI is InChI=1S/C42H80N2O5/c1-3-5-7-9-11-12-13-14-15-16-17-18-19-20-22-24-30-36-41(46)49-38(32-27-23-21-10-8-6-4-2)33-28-25-26-29-35-40(45)44-39(42(47)48)34-31-37-43/h27,32,38-39H,3-26,28-31,33-37,43H2,1-2H3,(H,44,45)(H,47,48)/b32-27-. The molecule has 2 unspecified atom stereocenters. The fourth-order valence-electron chi connectivity index (χ4n) is 6.36. The third kappa shape index (κ3) is 34.3. The van der Waals surface area contributed by atoms with E-state index in [1.54, 1.807) is 0 Å². The lowest BCUT2D eigenvalue weighted by Crippen LogP contribution is -2.40. The molecule has 0 fully saturated rings. The van der Waals surface area contributed by atoms with Gasteiger partial charge >= 0.3 is 11.9 Å². The summed E-state index contributed by atoms with van der Waals surface area (Å²) in [5.41, 5.74) is 5.47. The van der Waals surface area contributed by atoms with Gasteiger partial charge in [-0.15, -0.1) is 0 Å². The van der Waals surface area contributed by atoms with Crippen molar-refractivity contribution in [1.82, 2.24) is 5.32 Å². The highest BCUT2D eigenvalue weighted by atomic mass is 16.5. The van der Waals surface area contributed by atoms with Crippen LogP contribution in [-0.4, -0.2) is 41.6 Å². The molecule has 0 aromatic rings. The van der Waals surface area contributed by atoms with Gasteiger partial charge in [0.2, 0.25) is 5.91 Å². The van der Waals surface area contributed by atoms with E-state index in [-0.39, 0.29) is 18.0 Å². The van der Waals surface area contributed by atoms with E-state index < -0.39 is 12.0 Å². The Kier molecular flexibility index (Phi) is 35.9. The van der Waals surface area contributed by atoms with Crippen LogP contribution in [-0.2, 0) is 19.1 Å². The van der Waals surface area contributed by atoms with Crippen molar-refractivity contribution in [2.75, 3.05) is 6.54 Å². The molecular weight excluding hydrogens is 612 g/mol. The van der Waals surface area contributed by atoms with E-state index in [0.29, 0.717) is 38.6 Å². The predicted octanol–water partition coefficient (Wildman–Crippen LogP) is 11.5. The lowest BCUT2D eigenvalue weighted by atomic mass is 10.0. The molecule has 0 aromatic heterocycles. The summed E-state index contributed by atoms with van der Waals surface area (Å²) in [5.74, 6) is -1.32. The van der Waals surface area contributed by atoms with Gasteiger partial charge in [0.25, 0.3) is 0 Å². The Morgan fingerprint density at radius 1 is 0.592 bits per heavy atom. The Balaban J connectivity index is 4.15. The number of nitrogens with two attached hydrogens (primary N) is 1. The second kappa shape index (κ2) is 37.4. The average Bonchev–Trinajstić information content (AvgIpc) is 3.08. The number of hydrogen-bond acceptors (Lipinski definition) is 5. The molecule has 0 spiro atoms. The molecular formula is C42H80N2O5. The largest absolute Gasteiger partial charge is 0.480 e. The summed E-state index contributed by atoms with van der Waals surface area (Å²) in [4.78, 5) is 36.2. The highest BCUT2D eigenvalue weighted by Gasteiger charge is 2.19. The van der Waals surface area contributed by atoms with E-state index in [9.17, 15) is 19.5 Å². The summed E-state index contributed by atoms with van der Waals surface area (Å²) in [6, 6.07) is -0.867. The van der Waals surface area contributed by atoms with Crippen molar-refractivity contribution in [3.05, 3.63) is 12.2 Å². The van der Waals surface area contributed by atoms with E-state index in [0.717, 1.165) is 44.9 Å². The Hall–Kier alpha value is -1.89. The number of unbranched alkanes of at least 4 members (excludes halogenated alkanes) is 24. The molecule has 0 bridgehead atoms. The first kappa shape index (κ1) is 47.1. The van der Waals surface area contributed by atoms with Crippen molar-refractivity contribution in [2.45, 2.75) is 231 Å². The molecule has 7 nitrogen and oxygen atoms in total. The van der Waals surface area contributed by atoms with Crippen molar-refractivity contribution in [3.63, 3.8) is 0 Å². The minimum Gasteiger partial charge on any atom is -0.480 e. The zero-order valence-corrected chi connectivity index (χ0v) is 32.3. The van der Waals surface area contributed by atoms with Crippen LogP contribution >= 0.6 is 0 Å². The van der Waals surface area contributed by atoms with E-state index >= 15 is 0 Å². The number of carbonyl (C=O) groups excluding carboxylic acids is 2. The van der Waals surface area contributed by atoms with Crippen LogP contribution in [0.3, 0.4) is 0 Å². The summed E-state index contributed by atoms with van der Waals surface area (Å²) >= 11 is 0. The van der Waals surface area contributed by atoms with Crippen molar-refractivity contribution < 1.29 is 24.2 Å². The number of esters is 1. The van der Waals surface area contributed by atoms with Gasteiger partial charge in [-0.05, 0) is 64.0 Å².